The molecule has 8 nitrogen and oxygen atoms in total. The van der Waals surface area contributed by atoms with Gasteiger partial charge < -0.3 is 31.9 Å². The molecule has 0 aliphatic carbocycles. The Morgan fingerprint density at radius 2 is 1.16 bits per heavy atom. The van der Waals surface area contributed by atoms with Crippen LogP contribution in [0.3, 0.4) is 0 Å². The fourth-order valence-corrected chi connectivity index (χ4v) is 3.76. The molecule has 136 valence electrons. The van der Waals surface area contributed by atoms with Crippen molar-refractivity contribution in [3.05, 3.63) is 47.5 Å². The number of nitrogen functional groups attached to an aromatic ring is 2. The molecule has 0 fully saturated rings. The van der Waals surface area contributed by atoms with Gasteiger partial charge in [0.1, 0.15) is 11.5 Å². The Morgan fingerprint density at radius 1 is 0.800 bits per heavy atom. The summed E-state index contributed by atoms with van der Waals surface area (Å²) < 4.78 is 24.4. The van der Waals surface area contributed by atoms with Crippen LogP contribution in [-0.4, -0.2) is 40.3 Å². The monoisotopic (exact) mass is 368 g/mol. The maximum atomic E-state index is 12.2. The molecule has 0 saturated heterocycles. The van der Waals surface area contributed by atoms with Crippen LogP contribution in [0.15, 0.2) is 36.4 Å². The Labute approximate surface area is 144 Å². The summed E-state index contributed by atoms with van der Waals surface area (Å²) in [6, 6.07) is 7.89. The van der Waals surface area contributed by atoms with Gasteiger partial charge in [-0.25, -0.2) is 8.42 Å². The Hall–Kier alpha value is -2.49. The minimum atomic E-state index is -3.85. The third-order valence-corrected chi connectivity index (χ3v) is 5.35. The summed E-state index contributed by atoms with van der Waals surface area (Å²) in [4.78, 5) is 0. The van der Waals surface area contributed by atoms with E-state index in [-0.39, 0.29) is 34.0 Å². The molecule has 2 rings (SSSR count). The van der Waals surface area contributed by atoms with Crippen LogP contribution in [0.2, 0.25) is 0 Å². The van der Waals surface area contributed by atoms with Gasteiger partial charge in [0.25, 0.3) is 0 Å². The number of benzene rings is 2. The lowest BCUT2D eigenvalue weighted by atomic mass is 10.1. The zero-order valence-electron chi connectivity index (χ0n) is 13.2. The highest BCUT2D eigenvalue weighted by atomic mass is 32.2. The van der Waals surface area contributed by atoms with E-state index in [9.17, 15) is 28.8 Å². The average molecular weight is 368 g/mol. The van der Waals surface area contributed by atoms with Gasteiger partial charge in [0.2, 0.25) is 0 Å². The van der Waals surface area contributed by atoms with Crippen LogP contribution in [0.5, 0.6) is 11.5 Å². The molecule has 2 unspecified atom stereocenters. The first kappa shape index (κ1) is 18.8. The molecular formula is C16H20N2O6S. The second-order valence-corrected chi connectivity index (χ2v) is 7.90. The Balaban J connectivity index is 2.09. The summed E-state index contributed by atoms with van der Waals surface area (Å²) in [7, 11) is -3.85. The first-order chi connectivity index (χ1) is 11.6. The molecule has 2 atom stereocenters. The number of aromatic hydroxyl groups is 2. The van der Waals surface area contributed by atoms with E-state index in [4.69, 9.17) is 11.5 Å². The van der Waals surface area contributed by atoms with Gasteiger partial charge in [-0.05, 0) is 35.4 Å². The van der Waals surface area contributed by atoms with Crippen molar-refractivity contribution in [2.75, 3.05) is 23.0 Å². The standard InChI is InChI=1S/C16H20N2O6S/c17-11-3-1-9(5-13(11)19)15(21)7-25(23,24)8-16(22)10-2-4-12(18)14(20)6-10/h1-6,15-16,19-22H,7-8,17-18H2. The van der Waals surface area contributed by atoms with Crippen LogP contribution in [0, 0.1) is 0 Å². The number of nitrogens with two attached hydrogens (primary N) is 2. The number of anilines is 2. The van der Waals surface area contributed by atoms with E-state index in [0.29, 0.717) is 0 Å². The quantitative estimate of drug-likeness (QED) is 0.315. The van der Waals surface area contributed by atoms with E-state index in [1.165, 1.54) is 36.4 Å². The van der Waals surface area contributed by atoms with Crippen molar-refractivity contribution in [3.8, 4) is 11.5 Å². The molecular weight excluding hydrogens is 348 g/mol. The predicted octanol–water partition coefficient (Wildman–Crippen LogP) is 0.444. The molecule has 0 bridgehead atoms. The lowest BCUT2D eigenvalue weighted by Gasteiger charge is -2.16. The Bertz CT molecular complexity index is 803. The summed E-state index contributed by atoms with van der Waals surface area (Å²) >= 11 is 0. The van der Waals surface area contributed by atoms with E-state index in [1.54, 1.807) is 0 Å². The van der Waals surface area contributed by atoms with E-state index in [0.717, 1.165) is 0 Å². The number of aliphatic hydroxyl groups excluding tert-OH is 2. The largest absolute Gasteiger partial charge is 0.506 e. The Kier molecular flexibility index (Phi) is 5.41. The van der Waals surface area contributed by atoms with Gasteiger partial charge in [0.05, 0.1) is 35.1 Å². The number of hydrogen-bond donors (Lipinski definition) is 6. The van der Waals surface area contributed by atoms with Crippen molar-refractivity contribution in [1.29, 1.82) is 0 Å². The third-order valence-electron chi connectivity index (χ3n) is 3.70. The zero-order valence-corrected chi connectivity index (χ0v) is 14.0. The lowest BCUT2D eigenvalue weighted by molar-refractivity contribution is 0.193. The minimum Gasteiger partial charge on any atom is -0.506 e. The molecule has 9 heteroatoms. The molecule has 0 aliphatic heterocycles. The fraction of sp³-hybridized carbons (Fsp3) is 0.250. The number of phenols is 2. The van der Waals surface area contributed by atoms with Crippen LogP contribution in [0.25, 0.3) is 0 Å². The van der Waals surface area contributed by atoms with Gasteiger partial charge in [-0.3, -0.25) is 0 Å². The molecule has 0 spiro atoms. The predicted molar refractivity (Wildman–Crippen MR) is 93.6 cm³/mol. The highest BCUT2D eigenvalue weighted by Crippen LogP contribution is 2.28. The SMILES string of the molecule is Nc1ccc(C(O)CS(=O)(=O)CC(O)c2ccc(N)c(O)c2)cc1O. The van der Waals surface area contributed by atoms with Crippen molar-refractivity contribution in [2.45, 2.75) is 12.2 Å². The molecule has 2 aromatic rings. The first-order valence-corrected chi connectivity index (χ1v) is 9.14. The van der Waals surface area contributed by atoms with Gasteiger partial charge >= 0.3 is 0 Å². The molecule has 0 aromatic heterocycles. The number of phenolic OH excluding ortho intramolecular Hbond substituents is 2. The topological polar surface area (TPSA) is 167 Å². The number of sulfone groups is 1. The van der Waals surface area contributed by atoms with Crippen LogP contribution >= 0.6 is 0 Å². The summed E-state index contributed by atoms with van der Waals surface area (Å²) in [5.74, 6) is -1.80. The molecule has 8 N–H and O–H groups in total. The van der Waals surface area contributed by atoms with Gasteiger partial charge in [-0.15, -0.1) is 0 Å². The zero-order chi connectivity index (χ0) is 18.8. The van der Waals surface area contributed by atoms with Crippen molar-refractivity contribution in [1.82, 2.24) is 0 Å². The van der Waals surface area contributed by atoms with Crippen molar-refractivity contribution >= 4 is 21.2 Å². The molecule has 0 radical (unpaired) electrons. The highest BCUT2D eigenvalue weighted by molar-refractivity contribution is 7.91. The summed E-state index contributed by atoms with van der Waals surface area (Å²) in [5.41, 5.74) is 11.5. The molecule has 0 aliphatic rings. The third kappa shape index (κ3) is 4.75. The summed E-state index contributed by atoms with van der Waals surface area (Å²) in [5, 5.41) is 39.2. The van der Waals surface area contributed by atoms with Crippen LogP contribution in [0.1, 0.15) is 23.3 Å². The van der Waals surface area contributed by atoms with Gasteiger partial charge in [-0.1, -0.05) is 12.1 Å². The summed E-state index contributed by atoms with van der Waals surface area (Å²) in [6.45, 7) is 0. The molecule has 2 aromatic carbocycles. The van der Waals surface area contributed by atoms with Gasteiger partial charge in [0.15, 0.2) is 9.84 Å². The van der Waals surface area contributed by atoms with E-state index >= 15 is 0 Å². The second-order valence-electron chi connectivity index (χ2n) is 5.75. The highest BCUT2D eigenvalue weighted by Gasteiger charge is 2.24. The number of aliphatic hydroxyl groups is 2. The maximum Gasteiger partial charge on any atom is 0.156 e. The van der Waals surface area contributed by atoms with Crippen LogP contribution in [0.4, 0.5) is 11.4 Å². The lowest BCUT2D eigenvalue weighted by Crippen LogP contribution is -2.21. The fourth-order valence-electron chi connectivity index (χ4n) is 2.28. The first-order valence-electron chi connectivity index (χ1n) is 7.32. The smallest absolute Gasteiger partial charge is 0.156 e. The second kappa shape index (κ2) is 7.18. The van der Waals surface area contributed by atoms with E-state index in [1.807, 2.05) is 0 Å². The minimum absolute atomic E-state index is 0.109. The van der Waals surface area contributed by atoms with Crippen LogP contribution in [-0.2, 0) is 9.84 Å². The molecule has 0 saturated carbocycles. The summed E-state index contributed by atoms with van der Waals surface area (Å²) in [6.07, 6.45) is -2.77. The van der Waals surface area contributed by atoms with Crippen molar-refractivity contribution in [3.63, 3.8) is 0 Å². The normalized spacial score (nSPS) is 14.2. The Morgan fingerprint density at radius 3 is 1.48 bits per heavy atom. The molecule has 25 heavy (non-hydrogen) atoms. The van der Waals surface area contributed by atoms with Crippen molar-refractivity contribution < 1.29 is 28.8 Å². The maximum absolute atomic E-state index is 12.2. The van der Waals surface area contributed by atoms with Gasteiger partial charge in [0, 0.05) is 0 Å². The number of rotatable bonds is 6. The van der Waals surface area contributed by atoms with Gasteiger partial charge in [-0.2, -0.15) is 0 Å². The van der Waals surface area contributed by atoms with E-state index < -0.39 is 33.6 Å². The average Bonchev–Trinajstić information content (AvgIpc) is 2.51. The van der Waals surface area contributed by atoms with Crippen molar-refractivity contribution in [2.24, 2.45) is 0 Å². The number of hydrogen-bond acceptors (Lipinski definition) is 8. The van der Waals surface area contributed by atoms with Crippen LogP contribution < -0.4 is 11.5 Å². The molecule has 0 amide bonds. The van der Waals surface area contributed by atoms with E-state index in [2.05, 4.69) is 0 Å². The molecule has 0 heterocycles.